The van der Waals surface area contributed by atoms with E-state index in [0.29, 0.717) is 17.9 Å². The van der Waals surface area contributed by atoms with Crippen LogP contribution in [0.25, 0.3) is 0 Å². The number of nitriles is 1. The molecule has 6 heteroatoms. The summed E-state index contributed by atoms with van der Waals surface area (Å²) >= 11 is 5.97. The van der Waals surface area contributed by atoms with Gasteiger partial charge in [0.05, 0.1) is 23.1 Å². The van der Waals surface area contributed by atoms with Crippen LogP contribution in [0.1, 0.15) is 18.4 Å². The van der Waals surface area contributed by atoms with Gasteiger partial charge in [0, 0.05) is 24.5 Å². The van der Waals surface area contributed by atoms with Crippen LogP contribution in [0.5, 0.6) is 0 Å². The average molecular weight is 310 g/mol. The Labute approximate surface area is 126 Å². The molecule has 0 aliphatic carbocycles. The Kier molecular flexibility index (Phi) is 3.68. The molecule has 2 bridgehead atoms. The van der Waals surface area contributed by atoms with Crippen molar-refractivity contribution in [2.24, 2.45) is 0 Å². The average Bonchev–Trinajstić information content (AvgIpc) is 2.70. The van der Waals surface area contributed by atoms with Crippen LogP contribution in [0.15, 0.2) is 30.6 Å². The minimum atomic E-state index is -2.36. The molecular formula is C15H14ClF2N3. The molecule has 0 N–H and O–H groups in total. The maximum Gasteiger partial charge on any atom is 0.251 e. The molecule has 1 saturated heterocycles. The van der Waals surface area contributed by atoms with E-state index in [4.69, 9.17) is 11.6 Å². The number of halogens is 3. The number of pyridine rings is 1. The van der Waals surface area contributed by atoms with Gasteiger partial charge in [0.15, 0.2) is 0 Å². The predicted octanol–water partition coefficient (Wildman–Crippen LogP) is 3.16. The Balaban J connectivity index is 1.90. The van der Waals surface area contributed by atoms with Crippen molar-refractivity contribution in [2.75, 3.05) is 6.54 Å². The molecule has 2 aliphatic rings. The highest BCUT2D eigenvalue weighted by Gasteiger charge is 2.47. The van der Waals surface area contributed by atoms with Crippen molar-refractivity contribution in [3.8, 4) is 6.07 Å². The first-order valence-corrected chi connectivity index (χ1v) is 7.16. The lowest BCUT2D eigenvalue weighted by Crippen LogP contribution is -2.51. The number of piperidine rings is 1. The molecule has 2 aliphatic heterocycles. The lowest BCUT2D eigenvalue weighted by Gasteiger charge is -2.43. The van der Waals surface area contributed by atoms with Crippen LogP contribution in [-0.4, -0.2) is 34.9 Å². The minimum Gasteiger partial charge on any atom is -0.285 e. The molecule has 0 radical (unpaired) electrons. The Morgan fingerprint density at radius 1 is 1.38 bits per heavy atom. The first-order valence-electron chi connectivity index (χ1n) is 6.78. The maximum atomic E-state index is 12.7. The van der Waals surface area contributed by atoms with Crippen molar-refractivity contribution < 1.29 is 8.78 Å². The quantitative estimate of drug-likeness (QED) is 0.805. The SMILES string of the molecule is N#CC1(c2cncc(Cl)c2)CC2C=C[C@H](C1)N2CC(F)F. The van der Waals surface area contributed by atoms with E-state index in [1.54, 1.807) is 17.2 Å². The summed E-state index contributed by atoms with van der Waals surface area (Å²) < 4.78 is 25.4. The molecule has 2 unspecified atom stereocenters. The standard InChI is InChI=1S/C15H14ClF2N3/c16-11-3-10(6-20-7-11)15(9-19)4-12-1-2-13(5-15)21(12)8-14(17)18/h1-3,6-7,12-14H,4-5,8H2/t12-,13?,15?/m1/s1. The van der Waals surface area contributed by atoms with E-state index in [0.717, 1.165) is 5.56 Å². The zero-order valence-electron chi connectivity index (χ0n) is 11.2. The molecule has 1 fully saturated rings. The zero-order chi connectivity index (χ0) is 15.0. The van der Waals surface area contributed by atoms with Gasteiger partial charge in [0.25, 0.3) is 6.43 Å². The van der Waals surface area contributed by atoms with Gasteiger partial charge in [0.2, 0.25) is 0 Å². The van der Waals surface area contributed by atoms with Crippen LogP contribution in [0.3, 0.4) is 0 Å². The molecule has 0 saturated carbocycles. The van der Waals surface area contributed by atoms with Gasteiger partial charge in [-0.25, -0.2) is 8.78 Å². The second kappa shape index (κ2) is 5.36. The molecule has 110 valence electrons. The van der Waals surface area contributed by atoms with Gasteiger partial charge >= 0.3 is 0 Å². The number of alkyl halides is 2. The molecule has 0 aromatic carbocycles. The van der Waals surface area contributed by atoms with E-state index in [-0.39, 0.29) is 18.6 Å². The van der Waals surface area contributed by atoms with Crippen molar-refractivity contribution in [1.82, 2.24) is 9.88 Å². The molecule has 3 nitrogen and oxygen atoms in total. The summed E-state index contributed by atoms with van der Waals surface area (Å²) in [6.45, 7) is -0.252. The number of rotatable bonds is 3. The molecule has 21 heavy (non-hydrogen) atoms. The lowest BCUT2D eigenvalue weighted by atomic mass is 9.71. The first-order chi connectivity index (χ1) is 10.0. The van der Waals surface area contributed by atoms with Crippen molar-refractivity contribution in [1.29, 1.82) is 5.26 Å². The van der Waals surface area contributed by atoms with Gasteiger partial charge < -0.3 is 0 Å². The summed E-state index contributed by atoms with van der Waals surface area (Å²) in [6.07, 6.45) is 5.66. The third-order valence-corrected chi connectivity index (χ3v) is 4.55. The van der Waals surface area contributed by atoms with Gasteiger partial charge in [-0.15, -0.1) is 0 Å². The van der Waals surface area contributed by atoms with Gasteiger partial charge in [0.1, 0.15) is 0 Å². The number of fused-ring (bicyclic) bond motifs is 2. The van der Waals surface area contributed by atoms with Gasteiger partial charge in [-0.3, -0.25) is 9.88 Å². The molecule has 0 spiro atoms. The normalized spacial score (nSPS) is 31.6. The largest absolute Gasteiger partial charge is 0.285 e. The fraction of sp³-hybridized carbons (Fsp3) is 0.467. The third-order valence-electron chi connectivity index (χ3n) is 4.34. The zero-order valence-corrected chi connectivity index (χ0v) is 12.0. The second-order valence-electron chi connectivity index (χ2n) is 5.60. The molecule has 0 amide bonds. The summed E-state index contributed by atoms with van der Waals surface area (Å²) in [5, 5.41) is 10.2. The summed E-state index contributed by atoms with van der Waals surface area (Å²) in [7, 11) is 0. The van der Waals surface area contributed by atoms with Crippen LogP contribution in [0.4, 0.5) is 8.78 Å². The summed E-state index contributed by atoms with van der Waals surface area (Å²) in [5.74, 6) is 0. The molecule has 3 rings (SSSR count). The number of hydrogen-bond donors (Lipinski definition) is 0. The lowest BCUT2D eigenvalue weighted by molar-refractivity contribution is 0.0381. The number of hydrogen-bond acceptors (Lipinski definition) is 3. The highest BCUT2D eigenvalue weighted by molar-refractivity contribution is 6.30. The fourth-order valence-corrected chi connectivity index (χ4v) is 3.56. The van der Waals surface area contributed by atoms with Crippen molar-refractivity contribution in [3.05, 3.63) is 41.2 Å². The predicted molar refractivity (Wildman–Crippen MR) is 75.2 cm³/mol. The highest BCUT2D eigenvalue weighted by Crippen LogP contribution is 2.44. The third kappa shape index (κ3) is 2.54. The van der Waals surface area contributed by atoms with E-state index >= 15 is 0 Å². The Morgan fingerprint density at radius 2 is 2.05 bits per heavy atom. The van der Waals surface area contributed by atoms with Gasteiger partial charge in [-0.1, -0.05) is 23.8 Å². The monoisotopic (exact) mass is 309 g/mol. The van der Waals surface area contributed by atoms with E-state index in [1.165, 1.54) is 6.20 Å². The summed E-state index contributed by atoms with van der Waals surface area (Å²) in [4.78, 5) is 5.83. The number of nitrogens with zero attached hydrogens (tertiary/aromatic N) is 3. The number of aromatic nitrogens is 1. The van der Waals surface area contributed by atoms with E-state index in [2.05, 4.69) is 11.1 Å². The fourth-order valence-electron chi connectivity index (χ4n) is 3.39. The Morgan fingerprint density at radius 3 is 2.57 bits per heavy atom. The summed E-state index contributed by atoms with van der Waals surface area (Å²) in [6, 6.07) is 3.88. The van der Waals surface area contributed by atoms with Crippen molar-refractivity contribution >= 4 is 11.6 Å². The molecular weight excluding hydrogens is 296 g/mol. The molecule has 1 aromatic rings. The minimum absolute atomic E-state index is 0.128. The summed E-state index contributed by atoms with van der Waals surface area (Å²) in [5.41, 5.74) is 0.0583. The van der Waals surface area contributed by atoms with Gasteiger partial charge in [-0.05, 0) is 24.5 Å². The Bertz CT molecular complexity index is 595. The maximum absolute atomic E-state index is 12.7. The topological polar surface area (TPSA) is 39.9 Å². The van der Waals surface area contributed by atoms with Crippen LogP contribution < -0.4 is 0 Å². The second-order valence-corrected chi connectivity index (χ2v) is 6.04. The Hall–Kier alpha value is -1.51. The van der Waals surface area contributed by atoms with E-state index in [9.17, 15) is 14.0 Å². The first kappa shape index (κ1) is 14.4. The molecule has 1 aromatic heterocycles. The van der Waals surface area contributed by atoms with Crippen LogP contribution in [0.2, 0.25) is 5.02 Å². The van der Waals surface area contributed by atoms with Crippen LogP contribution >= 0.6 is 11.6 Å². The van der Waals surface area contributed by atoms with E-state index in [1.807, 2.05) is 12.2 Å². The van der Waals surface area contributed by atoms with Crippen molar-refractivity contribution in [3.63, 3.8) is 0 Å². The van der Waals surface area contributed by atoms with Crippen molar-refractivity contribution in [2.45, 2.75) is 36.8 Å². The highest BCUT2D eigenvalue weighted by atomic mass is 35.5. The molecule has 3 heterocycles. The smallest absolute Gasteiger partial charge is 0.251 e. The van der Waals surface area contributed by atoms with Crippen LogP contribution in [0, 0.1) is 11.3 Å². The van der Waals surface area contributed by atoms with Gasteiger partial charge in [-0.2, -0.15) is 5.26 Å². The molecule has 3 atom stereocenters. The van der Waals surface area contributed by atoms with E-state index < -0.39 is 11.8 Å². The van der Waals surface area contributed by atoms with Crippen LogP contribution in [-0.2, 0) is 5.41 Å².